The van der Waals surface area contributed by atoms with E-state index in [0.717, 1.165) is 66.0 Å². The van der Waals surface area contributed by atoms with Crippen LogP contribution < -0.4 is 9.62 Å². The Morgan fingerprint density at radius 2 is 1.66 bits per heavy atom. The molecule has 4 heterocycles. The van der Waals surface area contributed by atoms with Crippen molar-refractivity contribution in [2.75, 3.05) is 56.0 Å². The molecule has 15 heteroatoms. The molecule has 0 bridgehead atoms. The van der Waals surface area contributed by atoms with E-state index < -0.39 is 45.0 Å². The number of ether oxygens (including phenoxy) is 1. The van der Waals surface area contributed by atoms with Crippen LogP contribution in [0.15, 0.2) is 79.1 Å². The van der Waals surface area contributed by atoms with Gasteiger partial charge in [-0.1, -0.05) is 36.4 Å². The Hall–Kier alpha value is -5.25. The highest BCUT2D eigenvalue weighted by Crippen LogP contribution is 2.31. The first kappa shape index (κ1) is 36.1. The first-order valence-electron chi connectivity index (χ1n) is 17.1. The van der Waals surface area contributed by atoms with Crippen molar-refractivity contribution < 1.29 is 35.9 Å². The second kappa shape index (κ2) is 15.0. The van der Waals surface area contributed by atoms with Crippen molar-refractivity contribution in [2.24, 2.45) is 0 Å². The van der Waals surface area contributed by atoms with Crippen molar-refractivity contribution in [2.45, 2.75) is 25.6 Å². The van der Waals surface area contributed by atoms with Crippen molar-refractivity contribution in [1.82, 2.24) is 19.2 Å². The molecule has 0 amide bonds. The maximum absolute atomic E-state index is 15.7. The number of aromatic amines is 1. The summed E-state index contributed by atoms with van der Waals surface area (Å²) < 4.78 is 77.4. The molecule has 2 aliphatic rings. The number of aromatic nitrogens is 2. The van der Waals surface area contributed by atoms with Crippen molar-refractivity contribution in [3.8, 4) is 11.1 Å². The second-order valence-corrected chi connectivity index (χ2v) is 14.8. The molecule has 3 aromatic carbocycles. The zero-order valence-electron chi connectivity index (χ0n) is 28.8. The Bertz CT molecular complexity index is 2260. The number of nitrogens with zero attached hydrogens (tertiary/aromatic N) is 4. The minimum absolute atomic E-state index is 0.00882. The number of halogens is 3. The van der Waals surface area contributed by atoms with Crippen LogP contribution in [0.4, 0.5) is 24.5 Å². The highest BCUT2D eigenvalue weighted by Gasteiger charge is 2.33. The molecular formula is C38H37F3N6O5S. The number of H-pyrrole nitrogens is 1. The lowest BCUT2D eigenvalue weighted by Gasteiger charge is -2.36. The van der Waals surface area contributed by atoms with Crippen LogP contribution in [0.25, 0.3) is 22.2 Å². The number of methoxy groups -OCH3 is 1. The van der Waals surface area contributed by atoms with E-state index in [0.29, 0.717) is 16.6 Å². The summed E-state index contributed by atoms with van der Waals surface area (Å²) in [5, 5.41) is 0.335. The topological polar surface area (TPSA) is 128 Å². The number of esters is 1. The lowest BCUT2D eigenvalue weighted by molar-refractivity contribution is -0.139. The van der Waals surface area contributed by atoms with Gasteiger partial charge in [-0.2, -0.15) is 12.7 Å². The average molecular weight is 747 g/mol. The molecule has 276 valence electrons. The van der Waals surface area contributed by atoms with E-state index >= 15 is 8.78 Å². The van der Waals surface area contributed by atoms with Gasteiger partial charge in [-0.15, -0.1) is 0 Å². The van der Waals surface area contributed by atoms with E-state index in [9.17, 15) is 22.4 Å². The molecule has 0 aliphatic carbocycles. The average Bonchev–Trinajstić information content (AvgIpc) is 3.80. The summed E-state index contributed by atoms with van der Waals surface area (Å²) in [4.78, 5) is 37.2. The molecule has 1 atom stereocenters. The molecule has 0 unspecified atom stereocenters. The van der Waals surface area contributed by atoms with Gasteiger partial charge in [-0.25, -0.2) is 18.2 Å². The van der Waals surface area contributed by atoms with E-state index in [1.165, 1.54) is 18.9 Å². The van der Waals surface area contributed by atoms with E-state index in [1.54, 1.807) is 12.3 Å². The Morgan fingerprint density at radius 3 is 2.34 bits per heavy atom. The number of piperazine rings is 1. The number of alkyl halides is 1. The van der Waals surface area contributed by atoms with Gasteiger partial charge in [0.05, 0.1) is 24.8 Å². The monoisotopic (exact) mass is 746 g/mol. The molecule has 7 rings (SSSR count). The van der Waals surface area contributed by atoms with Gasteiger partial charge >= 0.3 is 16.2 Å². The number of carbonyl (C=O) groups excluding carboxylic acids is 2. The zero-order chi connectivity index (χ0) is 37.3. The van der Waals surface area contributed by atoms with E-state index in [1.807, 2.05) is 53.3 Å². The smallest absolute Gasteiger partial charge is 0.309 e. The molecule has 2 aromatic heterocycles. The number of pyridine rings is 1. The van der Waals surface area contributed by atoms with Crippen LogP contribution in [0.2, 0.25) is 0 Å². The lowest BCUT2D eigenvalue weighted by Crippen LogP contribution is -2.45. The Labute approximate surface area is 304 Å². The molecule has 2 aliphatic heterocycles. The third-order valence-corrected chi connectivity index (χ3v) is 11.2. The minimum atomic E-state index is -4.34. The number of ketones is 1. The minimum Gasteiger partial charge on any atom is -0.469 e. The summed E-state index contributed by atoms with van der Waals surface area (Å²) in [7, 11) is -2.96. The van der Waals surface area contributed by atoms with E-state index in [-0.39, 0.29) is 37.5 Å². The second-order valence-electron chi connectivity index (χ2n) is 13.2. The molecule has 0 radical (unpaired) electrons. The molecule has 0 spiro atoms. The first-order chi connectivity index (χ1) is 25.5. The number of carbonyl (C=O) groups is 2. The third kappa shape index (κ3) is 7.77. The van der Waals surface area contributed by atoms with Gasteiger partial charge in [0.25, 0.3) is 0 Å². The zero-order valence-corrected chi connectivity index (χ0v) is 29.6. The van der Waals surface area contributed by atoms with Crippen LogP contribution in [0.1, 0.15) is 33.5 Å². The SMILES string of the molecule is COC(=O)Cc1ccc(CN2CCN(c3ccc(-c4cnc5[nH]cc(C(=O)c6c(F)ccc(NS(=O)(=O)N7CC[C@@H](F)C7)c6F)c5c4)cc3)CC2)cc1. The number of benzene rings is 3. The Kier molecular flexibility index (Phi) is 10.2. The summed E-state index contributed by atoms with van der Waals surface area (Å²) in [6.45, 7) is 3.79. The molecule has 5 aromatic rings. The molecule has 2 saturated heterocycles. The standard InChI is InChI=1S/C38H37F3N6O5S/c1-52-34(48)18-24-2-4-25(5-3-24)22-45-14-16-46(17-15-45)29-8-6-26(7-9-29)27-19-30-31(21-43-38(30)42-20-27)37(49)35-32(40)10-11-33(36(35)41)44-53(50,51)47-13-12-28(39)23-47/h2-11,19-21,28,44H,12-18,22-23H2,1H3,(H,42,43)/t28-/m1/s1. The van der Waals surface area contributed by atoms with Crippen LogP contribution in [-0.2, 0) is 32.7 Å². The summed E-state index contributed by atoms with van der Waals surface area (Å²) in [5.41, 5.74) is 3.39. The normalized spacial score (nSPS) is 17.0. The van der Waals surface area contributed by atoms with Gasteiger partial charge in [-0.05, 0) is 53.4 Å². The van der Waals surface area contributed by atoms with Gasteiger partial charge < -0.3 is 14.6 Å². The van der Waals surface area contributed by atoms with Crippen LogP contribution in [0, 0.1) is 11.6 Å². The van der Waals surface area contributed by atoms with Crippen LogP contribution in [0.5, 0.6) is 0 Å². The molecular weight excluding hydrogens is 710 g/mol. The van der Waals surface area contributed by atoms with Crippen molar-refractivity contribution in [3.05, 3.63) is 113 Å². The van der Waals surface area contributed by atoms with Gasteiger partial charge in [0.1, 0.15) is 17.6 Å². The number of fused-ring (bicyclic) bond motifs is 1. The highest BCUT2D eigenvalue weighted by molar-refractivity contribution is 7.90. The highest BCUT2D eigenvalue weighted by atomic mass is 32.2. The third-order valence-electron chi connectivity index (χ3n) is 9.71. The van der Waals surface area contributed by atoms with Gasteiger partial charge in [0, 0.05) is 80.4 Å². The maximum Gasteiger partial charge on any atom is 0.309 e. The van der Waals surface area contributed by atoms with E-state index in [2.05, 4.69) is 19.8 Å². The molecule has 2 fully saturated rings. The summed E-state index contributed by atoms with van der Waals surface area (Å²) >= 11 is 0. The van der Waals surface area contributed by atoms with Crippen LogP contribution in [0.3, 0.4) is 0 Å². The Balaban J connectivity index is 1.02. The molecule has 11 nitrogen and oxygen atoms in total. The number of rotatable bonds is 11. The molecule has 2 N–H and O–H groups in total. The number of hydrogen-bond donors (Lipinski definition) is 2. The van der Waals surface area contributed by atoms with Gasteiger partial charge in [-0.3, -0.25) is 19.2 Å². The first-order valence-corrected chi connectivity index (χ1v) is 18.6. The van der Waals surface area contributed by atoms with Crippen molar-refractivity contribution in [3.63, 3.8) is 0 Å². The van der Waals surface area contributed by atoms with Gasteiger partial charge in [0.15, 0.2) is 5.82 Å². The summed E-state index contributed by atoms with van der Waals surface area (Å²) in [5.74, 6) is -3.81. The maximum atomic E-state index is 15.7. The van der Waals surface area contributed by atoms with Crippen LogP contribution >= 0.6 is 0 Å². The van der Waals surface area contributed by atoms with Gasteiger partial charge in [0.2, 0.25) is 5.78 Å². The number of nitrogens with one attached hydrogen (secondary N) is 2. The predicted octanol–water partition coefficient (Wildman–Crippen LogP) is 5.48. The fourth-order valence-electron chi connectivity index (χ4n) is 6.72. The number of anilines is 2. The quantitative estimate of drug-likeness (QED) is 0.135. The summed E-state index contributed by atoms with van der Waals surface area (Å²) in [6, 6.07) is 19.4. The Morgan fingerprint density at radius 1 is 0.943 bits per heavy atom. The molecule has 53 heavy (non-hydrogen) atoms. The number of hydrogen-bond acceptors (Lipinski definition) is 8. The lowest BCUT2D eigenvalue weighted by atomic mass is 9.99. The fourth-order valence-corrected chi connectivity index (χ4v) is 7.99. The summed E-state index contributed by atoms with van der Waals surface area (Å²) in [6.07, 6.45) is 1.87. The van der Waals surface area contributed by atoms with Crippen LogP contribution in [-0.4, -0.2) is 91.9 Å². The van der Waals surface area contributed by atoms with Crippen molar-refractivity contribution in [1.29, 1.82) is 0 Å². The predicted molar refractivity (Wildman–Crippen MR) is 195 cm³/mol. The fraction of sp³-hybridized carbons (Fsp3) is 0.289. The largest absolute Gasteiger partial charge is 0.469 e. The molecule has 0 saturated carbocycles. The van der Waals surface area contributed by atoms with E-state index in [4.69, 9.17) is 4.74 Å². The van der Waals surface area contributed by atoms with Crippen molar-refractivity contribution >= 4 is 44.4 Å².